The van der Waals surface area contributed by atoms with Crippen LogP contribution in [0.25, 0.3) is 0 Å². The van der Waals surface area contributed by atoms with Crippen molar-refractivity contribution in [3.8, 4) is 0 Å². The van der Waals surface area contributed by atoms with Crippen LogP contribution in [0.4, 0.5) is 0 Å². The quantitative estimate of drug-likeness (QED) is 0.596. The Kier molecular flexibility index (Phi) is 4.69. The zero-order valence-electron chi connectivity index (χ0n) is 7.48. The molecule has 0 radical (unpaired) electrons. The van der Waals surface area contributed by atoms with Gasteiger partial charge >= 0.3 is 0 Å². The maximum Gasteiger partial charge on any atom is 0.251 e. The average molecular weight is 166 g/mol. The molecule has 0 spiro atoms. The Morgan fingerprint density at radius 3 is 2.50 bits per heavy atom. The number of carbonyl (C=O) groups excluding carboxylic acids is 1. The minimum atomic E-state index is -0.131. The van der Waals surface area contributed by atoms with Crippen LogP contribution in [-0.4, -0.2) is 18.7 Å². The second-order valence-corrected chi connectivity index (χ2v) is 1.97. The maximum absolute atomic E-state index is 10.8. The molecular weight excluding hydrogens is 152 g/mol. The first-order valence-electron chi connectivity index (χ1n) is 3.94. The van der Waals surface area contributed by atoms with Gasteiger partial charge in [0.25, 0.3) is 5.91 Å². The van der Waals surface area contributed by atoms with Gasteiger partial charge in [-0.2, -0.15) is 0 Å². The van der Waals surface area contributed by atoms with Crippen molar-refractivity contribution >= 4 is 12.1 Å². The van der Waals surface area contributed by atoms with Crippen LogP contribution in [0.2, 0.25) is 0 Å². The molecule has 3 heteroatoms. The Bertz CT molecular complexity index is 229. The molecule has 0 saturated carbocycles. The molecule has 2 N–H and O–H groups in total. The molecule has 1 heterocycles. The monoisotopic (exact) mass is 166 g/mol. The molecule has 0 bridgehead atoms. The van der Waals surface area contributed by atoms with Gasteiger partial charge in [0, 0.05) is 23.9 Å². The van der Waals surface area contributed by atoms with E-state index >= 15 is 0 Å². The molecule has 0 atom stereocenters. The van der Waals surface area contributed by atoms with E-state index in [1.165, 1.54) is 12.3 Å². The molecule has 1 aliphatic rings. The van der Waals surface area contributed by atoms with Gasteiger partial charge in [-0.3, -0.25) is 4.79 Å². The molecule has 1 aliphatic heterocycles. The van der Waals surface area contributed by atoms with Gasteiger partial charge in [-0.05, 0) is 0 Å². The van der Waals surface area contributed by atoms with E-state index in [9.17, 15) is 4.79 Å². The summed E-state index contributed by atoms with van der Waals surface area (Å²) >= 11 is 0. The van der Waals surface area contributed by atoms with Crippen molar-refractivity contribution in [2.75, 3.05) is 6.54 Å². The third-order valence-electron chi connectivity index (χ3n) is 1.41. The fourth-order valence-electron chi connectivity index (χ4n) is 0.864. The van der Waals surface area contributed by atoms with Gasteiger partial charge < -0.3 is 10.7 Å². The molecule has 0 saturated heterocycles. The van der Waals surface area contributed by atoms with Crippen LogP contribution >= 0.6 is 0 Å². The molecule has 0 aromatic carbocycles. The predicted octanol–water partition coefficient (Wildman–Crippen LogP) is 1.27. The topological polar surface area (TPSA) is 53.0 Å². The fraction of sp³-hybridized carbons (Fsp3) is 0.333. The van der Waals surface area contributed by atoms with Crippen molar-refractivity contribution in [2.45, 2.75) is 13.8 Å². The van der Waals surface area contributed by atoms with Crippen LogP contribution in [0.15, 0.2) is 23.8 Å². The van der Waals surface area contributed by atoms with Crippen LogP contribution in [0.3, 0.4) is 0 Å². The van der Waals surface area contributed by atoms with Crippen molar-refractivity contribution in [3.63, 3.8) is 0 Å². The van der Waals surface area contributed by atoms with E-state index in [0.29, 0.717) is 17.7 Å². The Hall–Kier alpha value is -1.38. The van der Waals surface area contributed by atoms with E-state index in [1.54, 1.807) is 0 Å². The van der Waals surface area contributed by atoms with Crippen molar-refractivity contribution in [1.82, 2.24) is 5.32 Å². The summed E-state index contributed by atoms with van der Waals surface area (Å²) in [6.07, 6.45) is 2.65. The summed E-state index contributed by atoms with van der Waals surface area (Å²) in [6.45, 7) is 7.93. The van der Waals surface area contributed by atoms with Crippen LogP contribution in [0.5, 0.6) is 0 Å². The molecule has 66 valence electrons. The minimum Gasteiger partial charge on any atom is -0.348 e. The van der Waals surface area contributed by atoms with Crippen molar-refractivity contribution in [3.05, 3.63) is 23.8 Å². The maximum atomic E-state index is 10.8. The number of hydrogen-bond donors (Lipinski definition) is 2. The Morgan fingerprint density at radius 1 is 1.58 bits per heavy atom. The number of nitrogens with one attached hydrogen (secondary N) is 2. The molecule has 0 unspecified atom stereocenters. The largest absolute Gasteiger partial charge is 0.348 e. The molecule has 0 aliphatic carbocycles. The van der Waals surface area contributed by atoms with Gasteiger partial charge in [0.1, 0.15) is 0 Å². The molecule has 1 rings (SSSR count). The van der Waals surface area contributed by atoms with E-state index in [0.717, 1.165) is 0 Å². The Labute approximate surface area is 72.7 Å². The zero-order valence-corrected chi connectivity index (χ0v) is 7.48. The fourth-order valence-corrected chi connectivity index (χ4v) is 0.864. The summed E-state index contributed by atoms with van der Waals surface area (Å²) in [5, 5.41) is 9.49. The number of rotatable bonds is 2. The van der Waals surface area contributed by atoms with Crippen LogP contribution in [0, 0.1) is 5.41 Å². The highest BCUT2D eigenvalue weighted by atomic mass is 16.1. The standard InChI is InChI=1S/C7H8N2O.C2H6/c1-2-6-5(3-8)4-9-7(6)10;1-2/h2-3,8H,1,4H2,(H,9,10);1-2H3. The molecule has 0 aromatic rings. The van der Waals surface area contributed by atoms with Crippen molar-refractivity contribution in [2.24, 2.45) is 0 Å². The lowest BCUT2D eigenvalue weighted by molar-refractivity contribution is -0.116. The highest BCUT2D eigenvalue weighted by molar-refractivity contribution is 6.05. The molecule has 1 amide bonds. The summed E-state index contributed by atoms with van der Waals surface area (Å²) in [5.74, 6) is -0.131. The SMILES string of the molecule is C=CC1=C(C=N)CNC1=O.CC. The zero-order chi connectivity index (χ0) is 9.56. The lowest BCUT2D eigenvalue weighted by Gasteiger charge is -1.87. The van der Waals surface area contributed by atoms with Crippen LogP contribution < -0.4 is 5.32 Å². The highest BCUT2D eigenvalue weighted by Gasteiger charge is 2.17. The lowest BCUT2D eigenvalue weighted by atomic mass is 10.2. The van der Waals surface area contributed by atoms with E-state index in [4.69, 9.17) is 5.41 Å². The number of carbonyl (C=O) groups is 1. The summed E-state index contributed by atoms with van der Waals surface area (Å²) in [4.78, 5) is 10.8. The van der Waals surface area contributed by atoms with Crippen LogP contribution in [-0.2, 0) is 4.79 Å². The van der Waals surface area contributed by atoms with Crippen molar-refractivity contribution in [1.29, 1.82) is 5.41 Å². The smallest absolute Gasteiger partial charge is 0.251 e. The van der Waals surface area contributed by atoms with Gasteiger partial charge in [0.15, 0.2) is 0 Å². The van der Waals surface area contributed by atoms with Crippen molar-refractivity contribution < 1.29 is 4.79 Å². The molecule has 0 aromatic heterocycles. The highest BCUT2D eigenvalue weighted by Crippen LogP contribution is 2.08. The minimum absolute atomic E-state index is 0.131. The Morgan fingerprint density at radius 2 is 2.17 bits per heavy atom. The molecule has 0 fully saturated rings. The molecule has 12 heavy (non-hydrogen) atoms. The van der Waals surface area contributed by atoms with E-state index in [-0.39, 0.29) is 5.91 Å². The third kappa shape index (κ3) is 2.05. The van der Waals surface area contributed by atoms with Gasteiger partial charge in [-0.25, -0.2) is 0 Å². The predicted molar refractivity (Wildman–Crippen MR) is 50.4 cm³/mol. The second kappa shape index (κ2) is 5.29. The van der Waals surface area contributed by atoms with Gasteiger partial charge in [-0.1, -0.05) is 26.5 Å². The van der Waals surface area contributed by atoms with E-state index in [2.05, 4.69) is 11.9 Å². The normalized spacial score (nSPS) is 14.7. The first kappa shape index (κ1) is 10.6. The molecular formula is C9H14N2O. The summed E-state index contributed by atoms with van der Waals surface area (Å²) in [5.41, 5.74) is 1.23. The Balaban J connectivity index is 0.000000561. The first-order valence-corrected chi connectivity index (χ1v) is 3.94. The summed E-state index contributed by atoms with van der Waals surface area (Å²) in [7, 11) is 0. The lowest BCUT2D eigenvalue weighted by Crippen LogP contribution is -2.16. The number of hydrogen-bond acceptors (Lipinski definition) is 2. The summed E-state index contributed by atoms with van der Waals surface area (Å²) < 4.78 is 0. The number of amides is 1. The average Bonchev–Trinajstić information content (AvgIpc) is 2.49. The second-order valence-electron chi connectivity index (χ2n) is 1.97. The van der Waals surface area contributed by atoms with E-state index < -0.39 is 0 Å². The van der Waals surface area contributed by atoms with Gasteiger partial charge in [0.05, 0.1) is 0 Å². The third-order valence-corrected chi connectivity index (χ3v) is 1.41. The van der Waals surface area contributed by atoms with E-state index in [1.807, 2.05) is 13.8 Å². The van der Waals surface area contributed by atoms with Gasteiger partial charge in [-0.15, -0.1) is 0 Å². The van der Waals surface area contributed by atoms with Gasteiger partial charge in [0.2, 0.25) is 0 Å². The summed E-state index contributed by atoms with van der Waals surface area (Å²) in [6, 6.07) is 0. The molecule has 3 nitrogen and oxygen atoms in total. The van der Waals surface area contributed by atoms with Crippen LogP contribution in [0.1, 0.15) is 13.8 Å². The first-order chi connectivity index (χ1) is 5.79.